The predicted molar refractivity (Wildman–Crippen MR) is 165 cm³/mol. The summed E-state index contributed by atoms with van der Waals surface area (Å²) in [6.07, 6.45) is 5.19. The number of carboxylic acids is 1. The zero-order valence-corrected chi connectivity index (χ0v) is 28.0. The minimum Gasteiger partial charge on any atom is -0.481 e. The summed E-state index contributed by atoms with van der Waals surface area (Å²) >= 11 is 0. The van der Waals surface area contributed by atoms with Gasteiger partial charge < -0.3 is 35.0 Å². The van der Waals surface area contributed by atoms with Crippen LogP contribution in [0.1, 0.15) is 113 Å². The number of aliphatic hydroxyl groups excluding tert-OH is 4. The molecule has 1 aliphatic heterocycles. The lowest BCUT2D eigenvalue weighted by atomic mass is 9.33. The van der Waals surface area contributed by atoms with E-state index in [0.717, 1.165) is 64.2 Å². The van der Waals surface area contributed by atoms with Crippen LogP contribution in [-0.4, -0.2) is 74.9 Å². The molecule has 8 heteroatoms. The van der Waals surface area contributed by atoms with Crippen LogP contribution < -0.4 is 0 Å². The molecule has 44 heavy (non-hydrogen) atoms. The molecule has 0 spiro atoms. The maximum Gasteiger partial charge on any atom is 0.310 e. The molecule has 6 aliphatic rings. The van der Waals surface area contributed by atoms with Gasteiger partial charge in [-0.1, -0.05) is 60.1 Å². The van der Waals surface area contributed by atoms with E-state index >= 15 is 0 Å². The third kappa shape index (κ3) is 4.40. The average Bonchev–Trinajstić information content (AvgIpc) is 2.94. The van der Waals surface area contributed by atoms with E-state index in [-0.39, 0.29) is 39.1 Å². The van der Waals surface area contributed by atoms with Crippen molar-refractivity contribution in [1.82, 2.24) is 0 Å². The molecule has 5 fully saturated rings. The van der Waals surface area contributed by atoms with Gasteiger partial charge in [0.2, 0.25) is 0 Å². The van der Waals surface area contributed by atoms with Gasteiger partial charge in [0.25, 0.3) is 0 Å². The number of fused-ring (bicyclic) bond motifs is 7. The number of allylic oxidation sites excluding steroid dienone is 2. The molecular formula is C36H58O8. The van der Waals surface area contributed by atoms with Crippen molar-refractivity contribution in [2.75, 3.05) is 6.61 Å². The van der Waals surface area contributed by atoms with Crippen LogP contribution in [0.3, 0.4) is 0 Å². The van der Waals surface area contributed by atoms with Gasteiger partial charge in [-0.3, -0.25) is 4.79 Å². The summed E-state index contributed by atoms with van der Waals surface area (Å²) in [5, 5.41) is 51.7. The van der Waals surface area contributed by atoms with Gasteiger partial charge in [0.15, 0.2) is 6.29 Å². The minimum absolute atomic E-state index is 0.0330. The Hall–Kier alpha value is -1.03. The van der Waals surface area contributed by atoms with E-state index < -0.39 is 48.7 Å². The van der Waals surface area contributed by atoms with Crippen LogP contribution >= 0.6 is 0 Å². The molecule has 0 aromatic carbocycles. The monoisotopic (exact) mass is 618 g/mol. The molecule has 8 nitrogen and oxygen atoms in total. The van der Waals surface area contributed by atoms with E-state index in [9.17, 15) is 30.3 Å². The zero-order valence-electron chi connectivity index (χ0n) is 28.0. The summed E-state index contributed by atoms with van der Waals surface area (Å²) in [6, 6.07) is 0. The molecule has 1 heterocycles. The SMILES string of the molecule is CC1(C)CC[C@]2(C(=O)O)CC[C@]3(C)C(=CC[C@@H]4[C@@]5(C)CC[C@H](O[C@@H]6O[C@H](CO)[C@@H](O)[C@H](O)[C@H]6O)C(C)(C)C5CC[C@]43C)[C@H]2C1. The minimum atomic E-state index is -1.45. The normalized spacial score (nSPS) is 52.9. The third-order valence-electron chi connectivity index (χ3n) is 15.1. The predicted octanol–water partition coefficient (Wildman–Crippen LogP) is 5.06. The molecule has 0 bridgehead atoms. The molecule has 0 radical (unpaired) electrons. The summed E-state index contributed by atoms with van der Waals surface area (Å²) < 4.78 is 12.2. The smallest absolute Gasteiger partial charge is 0.310 e. The molecule has 5 N–H and O–H groups in total. The summed E-state index contributed by atoms with van der Waals surface area (Å²) in [7, 11) is 0. The standard InChI is InChI=1S/C36H58O8/c1-31(2)14-16-36(30(41)42)17-15-34(6)20(21(36)18-31)8-9-24-33(5)12-11-25(32(3,4)23(33)10-13-35(24,34)7)44-29-28(40)27(39)26(38)22(19-37)43-29/h8,21-29,37-40H,9-19H2,1-7H3,(H,41,42)/t21-,22-,23?,24-,25+,26-,27+,28-,29+,33+,34-,35-,36+/m1/s1. The van der Waals surface area contributed by atoms with Gasteiger partial charge in [0.05, 0.1) is 18.1 Å². The van der Waals surface area contributed by atoms with E-state index in [4.69, 9.17) is 9.47 Å². The van der Waals surface area contributed by atoms with E-state index in [1.165, 1.54) is 5.57 Å². The Morgan fingerprint density at radius 2 is 1.57 bits per heavy atom. The van der Waals surface area contributed by atoms with E-state index in [1.807, 2.05) is 0 Å². The van der Waals surface area contributed by atoms with Crippen LogP contribution in [-0.2, 0) is 14.3 Å². The van der Waals surface area contributed by atoms with E-state index in [0.29, 0.717) is 11.8 Å². The fraction of sp³-hybridized carbons (Fsp3) is 0.917. The molecule has 1 saturated heterocycles. The number of carbonyl (C=O) groups is 1. The maximum absolute atomic E-state index is 12.9. The van der Waals surface area contributed by atoms with Crippen molar-refractivity contribution in [2.45, 2.75) is 149 Å². The number of ether oxygens (including phenoxy) is 2. The number of aliphatic hydroxyl groups is 4. The number of aliphatic carboxylic acids is 1. The molecule has 5 aliphatic carbocycles. The molecule has 6 rings (SSSR count). The highest BCUT2D eigenvalue weighted by Crippen LogP contribution is 2.76. The van der Waals surface area contributed by atoms with Gasteiger partial charge in [0.1, 0.15) is 24.4 Å². The van der Waals surface area contributed by atoms with Crippen molar-refractivity contribution < 1.29 is 39.8 Å². The van der Waals surface area contributed by atoms with Gasteiger partial charge in [-0.2, -0.15) is 0 Å². The van der Waals surface area contributed by atoms with Crippen molar-refractivity contribution in [3.63, 3.8) is 0 Å². The molecule has 1 unspecified atom stereocenters. The summed E-state index contributed by atoms with van der Waals surface area (Å²) in [4.78, 5) is 12.9. The van der Waals surface area contributed by atoms with E-state index in [2.05, 4.69) is 54.5 Å². The average molecular weight is 619 g/mol. The van der Waals surface area contributed by atoms with E-state index in [1.54, 1.807) is 0 Å². The Balaban J connectivity index is 1.29. The highest BCUT2D eigenvalue weighted by atomic mass is 16.7. The zero-order chi connectivity index (χ0) is 32.3. The molecule has 0 aromatic heterocycles. The van der Waals surface area contributed by atoms with Crippen molar-refractivity contribution in [3.05, 3.63) is 11.6 Å². The second-order valence-corrected chi connectivity index (χ2v) is 17.9. The fourth-order valence-corrected chi connectivity index (χ4v) is 12.2. The van der Waals surface area contributed by atoms with Crippen LogP contribution in [0.15, 0.2) is 11.6 Å². The highest BCUT2D eigenvalue weighted by molar-refractivity contribution is 5.76. The number of hydrogen-bond donors (Lipinski definition) is 5. The van der Waals surface area contributed by atoms with Crippen molar-refractivity contribution in [1.29, 1.82) is 0 Å². The Morgan fingerprint density at radius 1 is 0.886 bits per heavy atom. The first-order valence-electron chi connectivity index (χ1n) is 17.3. The lowest BCUT2D eigenvalue weighted by Crippen LogP contribution is -2.66. The Morgan fingerprint density at radius 3 is 2.23 bits per heavy atom. The quantitative estimate of drug-likeness (QED) is 0.218. The lowest BCUT2D eigenvalue weighted by molar-refractivity contribution is -0.330. The molecular weight excluding hydrogens is 560 g/mol. The van der Waals surface area contributed by atoms with Crippen LogP contribution in [0.5, 0.6) is 0 Å². The van der Waals surface area contributed by atoms with Crippen LogP contribution in [0, 0.1) is 50.2 Å². The molecule has 4 saturated carbocycles. The highest BCUT2D eigenvalue weighted by Gasteiger charge is 2.69. The number of rotatable bonds is 4. The van der Waals surface area contributed by atoms with Crippen LogP contribution in [0.2, 0.25) is 0 Å². The van der Waals surface area contributed by atoms with Gasteiger partial charge in [-0.05, 0) is 109 Å². The summed E-state index contributed by atoms with van der Waals surface area (Å²) in [5.74, 6) is 0.336. The third-order valence-corrected chi connectivity index (χ3v) is 15.1. The Bertz CT molecular complexity index is 1180. The van der Waals surface area contributed by atoms with Crippen LogP contribution in [0.25, 0.3) is 0 Å². The molecule has 250 valence electrons. The summed E-state index contributed by atoms with van der Waals surface area (Å²) in [6.45, 7) is 16.2. The number of hydrogen-bond acceptors (Lipinski definition) is 7. The topological polar surface area (TPSA) is 137 Å². The largest absolute Gasteiger partial charge is 0.481 e. The first-order chi connectivity index (χ1) is 20.4. The van der Waals surface area contributed by atoms with Crippen molar-refractivity contribution in [3.8, 4) is 0 Å². The Kier molecular flexibility index (Phi) is 7.84. The second kappa shape index (κ2) is 10.5. The fourth-order valence-electron chi connectivity index (χ4n) is 12.2. The molecule has 13 atom stereocenters. The lowest BCUT2D eigenvalue weighted by Gasteiger charge is -2.71. The second-order valence-electron chi connectivity index (χ2n) is 17.9. The van der Waals surface area contributed by atoms with Gasteiger partial charge in [0, 0.05) is 0 Å². The van der Waals surface area contributed by atoms with Gasteiger partial charge in [-0.25, -0.2) is 0 Å². The first-order valence-corrected chi connectivity index (χ1v) is 17.3. The van der Waals surface area contributed by atoms with Crippen LogP contribution in [0.4, 0.5) is 0 Å². The summed E-state index contributed by atoms with van der Waals surface area (Å²) in [5.41, 5.74) is 0.809. The molecule has 0 aromatic rings. The van der Waals surface area contributed by atoms with Gasteiger partial charge in [-0.15, -0.1) is 0 Å². The Labute approximate surface area is 263 Å². The van der Waals surface area contributed by atoms with Crippen molar-refractivity contribution >= 4 is 5.97 Å². The molecule has 0 amide bonds. The first kappa shape index (κ1) is 32.9. The number of carboxylic acid groups (broad SMARTS) is 1. The maximum atomic E-state index is 12.9. The van der Waals surface area contributed by atoms with Crippen molar-refractivity contribution in [2.24, 2.45) is 50.2 Å². The van der Waals surface area contributed by atoms with Gasteiger partial charge >= 0.3 is 5.97 Å².